The third-order valence-corrected chi connectivity index (χ3v) is 2.92. The van der Waals surface area contributed by atoms with Crippen LogP contribution in [0, 0.1) is 0 Å². The van der Waals surface area contributed by atoms with Gasteiger partial charge in [-0.15, -0.1) is 0 Å². The van der Waals surface area contributed by atoms with Crippen LogP contribution in [0.3, 0.4) is 0 Å². The van der Waals surface area contributed by atoms with E-state index in [0.29, 0.717) is 6.61 Å². The van der Waals surface area contributed by atoms with Gasteiger partial charge in [-0.05, 0) is 33.3 Å². The van der Waals surface area contributed by atoms with Crippen LogP contribution in [-0.4, -0.2) is 31.3 Å². The molecule has 25 heavy (non-hydrogen) atoms. The highest BCUT2D eigenvalue weighted by Gasteiger charge is 2.16. The van der Waals surface area contributed by atoms with Crippen LogP contribution in [0.5, 0.6) is 0 Å². The highest BCUT2D eigenvalue weighted by molar-refractivity contribution is 5.83. The van der Waals surface area contributed by atoms with Gasteiger partial charge in [-0.3, -0.25) is 0 Å². The Hall–Kier alpha value is -2.40. The van der Waals surface area contributed by atoms with Gasteiger partial charge in [0.15, 0.2) is 6.10 Å². The lowest BCUT2D eigenvalue weighted by Crippen LogP contribution is -2.29. The first kappa shape index (κ1) is 20.6. The molecular formula is C20H26O5. The molecule has 5 nitrogen and oxygen atoms in total. The van der Waals surface area contributed by atoms with Crippen LogP contribution in [0.2, 0.25) is 0 Å². The number of carbonyl (C=O) groups is 2. The molecule has 0 aromatic heterocycles. The molecule has 1 aromatic rings. The Bertz CT molecular complexity index is 608. The topological polar surface area (TPSA) is 61.8 Å². The van der Waals surface area contributed by atoms with Gasteiger partial charge in [0, 0.05) is 12.2 Å². The molecular weight excluding hydrogens is 320 g/mol. The zero-order chi connectivity index (χ0) is 18.7. The summed E-state index contributed by atoms with van der Waals surface area (Å²) in [6, 6.07) is 9.66. The van der Waals surface area contributed by atoms with E-state index in [4.69, 9.17) is 14.2 Å². The second kappa shape index (κ2) is 11.2. The molecule has 0 fully saturated rings. The Kier molecular flexibility index (Phi) is 9.25. The highest BCUT2D eigenvalue weighted by atomic mass is 16.6. The van der Waals surface area contributed by atoms with E-state index < -0.39 is 18.0 Å². The predicted octanol–water partition coefficient (Wildman–Crippen LogP) is 3.59. The Labute approximate surface area is 149 Å². The minimum Gasteiger partial charge on any atom is -0.458 e. The number of benzene rings is 1. The summed E-state index contributed by atoms with van der Waals surface area (Å²) < 4.78 is 16.0. The summed E-state index contributed by atoms with van der Waals surface area (Å²) in [5.74, 6) is -0.946. The molecule has 0 saturated carbocycles. The second-order valence-electron chi connectivity index (χ2n) is 6.13. The number of hydrogen-bond donors (Lipinski definition) is 0. The van der Waals surface area contributed by atoms with Gasteiger partial charge in [0.1, 0.15) is 6.61 Å². The summed E-state index contributed by atoms with van der Waals surface area (Å²) in [5.41, 5.74) is 2.68. The highest BCUT2D eigenvalue weighted by Crippen LogP contribution is 2.05. The predicted molar refractivity (Wildman–Crippen MR) is 95.8 cm³/mol. The van der Waals surface area contributed by atoms with Crippen LogP contribution in [0.1, 0.15) is 33.3 Å². The maximum Gasteiger partial charge on any atom is 0.331 e. The summed E-state index contributed by atoms with van der Waals surface area (Å²) in [7, 11) is 0. The van der Waals surface area contributed by atoms with Crippen molar-refractivity contribution in [3.63, 3.8) is 0 Å². The van der Waals surface area contributed by atoms with E-state index in [1.54, 1.807) is 27.7 Å². The van der Waals surface area contributed by atoms with Crippen LogP contribution in [-0.2, 0) is 30.4 Å². The fourth-order valence-electron chi connectivity index (χ4n) is 1.89. The monoisotopic (exact) mass is 346 g/mol. The largest absolute Gasteiger partial charge is 0.458 e. The molecule has 0 heterocycles. The molecule has 0 saturated heterocycles. The first-order chi connectivity index (χ1) is 11.9. The van der Waals surface area contributed by atoms with Crippen molar-refractivity contribution in [2.75, 3.05) is 13.2 Å². The minimum absolute atomic E-state index is 0.0558. The van der Waals surface area contributed by atoms with E-state index in [1.165, 1.54) is 12.2 Å². The SMILES string of the molecule is CC(C)=CC(=O)OC[C@H](COCc1ccccc1)OC(=O)C=C(C)C. The molecule has 1 atom stereocenters. The molecule has 5 heteroatoms. The first-order valence-electron chi connectivity index (χ1n) is 8.15. The quantitative estimate of drug-likeness (QED) is 0.505. The van der Waals surface area contributed by atoms with Gasteiger partial charge in [-0.1, -0.05) is 41.5 Å². The van der Waals surface area contributed by atoms with Crippen LogP contribution in [0.15, 0.2) is 53.6 Å². The molecule has 0 aliphatic carbocycles. The average molecular weight is 346 g/mol. The fourth-order valence-corrected chi connectivity index (χ4v) is 1.89. The molecule has 1 aromatic carbocycles. The fraction of sp³-hybridized carbons (Fsp3) is 0.400. The minimum atomic E-state index is -0.665. The Morgan fingerprint density at radius 2 is 1.52 bits per heavy atom. The van der Waals surface area contributed by atoms with Gasteiger partial charge in [-0.2, -0.15) is 0 Å². The third kappa shape index (κ3) is 10.1. The van der Waals surface area contributed by atoms with Gasteiger partial charge < -0.3 is 14.2 Å². The summed E-state index contributed by atoms with van der Waals surface area (Å²) in [5, 5.41) is 0. The molecule has 0 radical (unpaired) electrons. The van der Waals surface area contributed by atoms with Crippen molar-refractivity contribution >= 4 is 11.9 Å². The van der Waals surface area contributed by atoms with Gasteiger partial charge in [0.2, 0.25) is 0 Å². The molecule has 0 N–H and O–H groups in total. The van der Waals surface area contributed by atoms with Crippen molar-refractivity contribution in [3.05, 3.63) is 59.2 Å². The van der Waals surface area contributed by atoms with E-state index in [9.17, 15) is 9.59 Å². The molecule has 0 aliphatic heterocycles. The van der Waals surface area contributed by atoms with E-state index in [-0.39, 0.29) is 13.2 Å². The lowest BCUT2D eigenvalue weighted by Gasteiger charge is -2.17. The zero-order valence-electron chi connectivity index (χ0n) is 15.3. The maximum atomic E-state index is 11.8. The number of esters is 2. The van der Waals surface area contributed by atoms with Crippen LogP contribution in [0.4, 0.5) is 0 Å². The standard InChI is InChI=1S/C20H26O5/c1-15(2)10-19(21)24-14-18(25-20(22)11-16(3)4)13-23-12-17-8-6-5-7-9-17/h5-11,18H,12-14H2,1-4H3/t18-/m0/s1. The van der Waals surface area contributed by atoms with Crippen LogP contribution < -0.4 is 0 Å². The smallest absolute Gasteiger partial charge is 0.331 e. The summed E-state index contributed by atoms with van der Waals surface area (Å²) in [4.78, 5) is 23.4. The van der Waals surface area contributed by atoms with Gasteiger partial charge in [0.25, 0.3) is 0 Å². The number of allylic oxidation sites excluding steroid dienone is 2. The van der Waals surface area contributed by atoms with Crippen molar-refractivity contribution in [2.45, 2.75) is 40.4 Å². The molecule has 1 rings (SSSR count). The van der Waals surface area contributed by atoms with Gasteiger partial charge in [0.05, 0.1) is 13.2 Å². The van der Waals surface area contributed by atoms with E-state index in [0.717, 1.165) is 16.7 Å². The van der Waals surface area contributed by atoms with Gasteiger partial charge >= 0.3 is 11.9 Å². The van der Waals surface area contributed by atoms with Crippen LogP contribution >= 0.6 is 0 Å². The van der Waals surface area contributed by atoms with Crippen molar-refractivity contribution in [1.82, 2.24) is 0 Å². The Morgan fingerprint density at radius 1 is 0.920 bits per heavy atom. The molecule has 136 valence electrons. The second-order valence-corrected chi connectivity index (χ2v) is 6.13. The van der Waals surface area contributed by atoms with Gasteiger partial charge in [-0.25, -0.2) is 9.59 Å². The normalized spacial score (nSPS) is 11.2. The van der Waals surface area contributed by atoms with E-state index >= 15 is 0 Å². The number of rotatable bonds is 9. The number of hydrogen-bond acceptors (Lipinski definition) is 5. The molecule has 0 amide bonds. The number of carbonyl (C=O) groups excluding carboxylic acids is 2. The summed E-state index contributed by atoms with van der Waals surface area (Å²) in [6.45, 7) is 7.68. The number of ether oxygens (including phenoxy) is 3. The van der Waals surface area contributed by atoms with Crippen molar-refractivity contribution < 1.29 is 23.8 Å². The van der Waals surface area contributed by atoms with Crippen LogP contribution in [0.25, 0.3) is 0 Å². The lowest BCUT2D eigenvalue weighted by molar-refractivity contribution is -0.156. The Morgan fingerprint density at radius 3 is 2.12 bits per heavy atom. The molecule has 0 bridgehead atoms. The van der Waals surface area contributed by atoms with E-state index in [1.807, 2.05) is 30.3 Å². The summed E-state index contributed by atoms with van der Waals surface area (Å²) in [6.07, 6.45) is 2.11. The first-order valence-corrected chi connectivity index (χ1v) is 8.15. The summed E-state index contributed by atoms with van der Waals surface area (Å²) >= 11 is 0. The van der Waals surface area contributed by atoms with E-state index in [2.05, 4.69) is 0 Å². The molecule has 0 unspecified atom stereocenters. The Balaban J connectivity index is 2.57. The zero-order valence-corrected chi connectivity index (χ0v) is 15.3. The molecule has 0 aliphatic rings. The van der Waals surface area contributed by atoms with Crippen molar-refractivity contribution in [2.24, 2.45) is 0 Å². The molecule has 0 spiro atoms. The average Bonchev–Trinajstić information content (AvgIpc) is 2.52. The van der Waals surface area contributed by atoms with Crippen molar-refractivity contribution in [1.29, 1.82) is 0 Å². The maximum absolute atomic E-state index is 11.8. The van der Waals surface area contributed by atoms with Crippen molar-refractivity contribution in [3.8, 4) is 0 Å². The lowest BCUT2D eigenvalue weighted by atomic mass is 10.2. The third-order valence-electron chi connectivity index (χ3n) is 2.92.